The molecule has 4 saturated heterocycles. The average Bonchev–Trinajstić information content (AvgIpc) is 3.61. The lowest BCUT2D eigenvalue weighted by Gasteiger charge is -2.45. The van der Waals surface area contributed by atoms with E-state index >= 15 is 0 Å². The van der Waals surface area contributed by atoms with Gasteiger partial charge in [-0.1, -0.05) is 78.9 Å². The van der Waals surface area contributed by atoms with Gasteiger partial charge in [-0.2, -0.15) is 0 Å². The van der Waals surface area contributed by atoms with Gasteiger partial charge in [0.05, 0.1) is 30.5 Å². The van der Waals surface area contributed by atoms with Crippen LogP contribution in [0.3, 0.4) is 0 Å². The molecule has 0 radical (unpaired) electrons. The van der Waals surface area contributed by atoms with Gasteiger partial charge in [0, 0.05) is 78.0 Å². The fraction of sp³-hybridized carbons (Fsp3) is 0.500. The van der Waals surface area contributed by atoms with Crippen LogP contribution in [-0.4, -0.2) is 120 Å². The van der Waals surface area contributed by atoms with Gasteiger partial charge < -0.3 is 58.7 Å². The average molecular weight is 931 g/mol. The molecule has 0 aliphatic carbocycles. The van der Waals surface area contributed by atoms with E-state index in [2.05, 4.69) is 20.4 Å². The lowest BCUT2D eigenvalue weighted by Crippen LogP contribution is -2.62. The molecule has 4 fully saturated rings. The number of aliphatic hydroxyl groups is 1. The number of ether oxygens (including phenoxy) is 7. The Labute approximate surface area is 389 Å². The first kappa shape index (κ1) is 48.4. The highest BCUT2D eigenvalue weighted by atomic mass is 32.1. The summed E-state index contributed by atoms with van der Waals surface area (Å²) in [6.45, 7) is 7.27. The number of carbonyl (C=O) groups is 5. The van der Waals surface area contributed by atoms with E-state index in [1.807, 2.05) is 78.9 Å². The monoisotopic (exact) mass is 930 g/mol. The van der Waals surface area contributed by atoms with E-state index in [0.29, 0.717) is 44.0 Å². The molecule has 18 heteroatoms. The van der Waals surface area contributed by atoms with Gasteiger partial charge >= 0.3 is 23.9 Å². The van der Waals surface area contributed by atoms with Gasteiger partial charge in [0.25, 0.3) is 0 Å². The number of anilines is 1. The lowest BCUT2D eigenvalue weighted by atomic mass is 9.85. The summed E-state index contributed by atoms with van der Waals surface area (Å²) in [7, 11) is 0. The number of hydrogen-bond acceptors (Lipinski definition) is 16. The van der Waals surface area contributed by atoms with E-state index in [1.54, 1.807) is 0 Å². The molecular formula is C48H58N4O13S. The van der Waals surface area contributed by atoms with Gasteiger partial charge in [-0.3, -0.25) is 24.0 Å². The summed E-state index contributed by atoms with van der Waals surface area (Å²) in [6, 6.07) is 25.6. The summed E-state index contributed by atoms with van der Waals surface area (Å²) in [5.74, 6) is -2.66. The number of para-hydroxylation sites is 1. The molecule has 4 aliphatic heterocycles. The number of rotatable bonds is 15. The number of nitrogens with zero attached hydrogens (tertiary/aromatic N) is 2. The summed E-state index contributed by atoms with van der Waals surface area (Å²) in [6.07, 6.45) is -4.95. The van der Waals surface area contributed by atoms with Crippen molar-refractivity contribution in [2.24, 2.45) is 0 Å². The van der Waals surface area contributed by atoms with Crippen LogP contribution in [0.2, 0.25) is 0 Å². The molecule has 7 rings (SSSR count). The molecule has 3 N–H and O–H groups in total. The SMILES string of the molecule is CC(=O)OCC1OC(CC(=S)NCc2ccc(C3OC(CN4CCC5(CC4)C(=O)NCN5c4ccccc4)CC(c4ccc(CO)cc4)O3)cc2)C(OC(C)=O)C(OC(C)=O)C1OC(C)=O. The maximum absolute atomic E-state index is 13.3. The minimum Gasteiger partial charge on any atom is -0.463 e. The molecule has 1 spiro atoms. The van der Waals surface area contributed by atoms with Crippen LogP contribution < -0.4 is 15.5 Å². The summed E-state index contributed by atoms with van der Waals surface area (Å²) in [4.78, 5) is 66.6. The number of esters is 4. The number of amides is 1. The van der Waals surface area contributed by atoms with Gasteiger partial charge in [0.2, 0.25) is 5.91 Å². The highest BCUT2D eigenvalue weighted by molar-refractivity contribution is 7.80. The number of carbonyl (C=O) groups excluding carboxylic acids is 5. The van der Waals surface area contributed by atoms with Crippen LogP contribution in [-0.2, 0) is 70.3 Å². The van der Waals surface area contributed by atoms with Crippen LogP contribution in [0.5, 0.6) is 0 Å². The number of nitrogens with one attached hydrogen (secondary N) is 2. The van der Waals surface area contributed by atoms with Crippen molar-refractivity contribution >= 4 is 52.7 Å². The minimum absolute atomic E-state index is 0.00872. The second-order valence-corrected chi connectivity index (χ2v) is 17.6. The van der Waals surface area contributed by atoms with Crippen LogP contribution in [0.4, 0.5) is 5.69 Å². The number of thiocarbonyl (C=S) groups is 1. The molecule has 354 valence electrons. The minimum atomic E-state index is -1.29. The van der Waals surface area contributed by atoms with Crippen LogP contribution >= 0.6 is 12.2 Å². The molecule has 8 atom stereocenters. The Morgan fingerprint density at radius 3 is 2.00 bits per heavy atom. The summed E-state index contributed by atoms with van der Waals surface area (Å²) in [5, 5.41) is 16.0. The highest BCUT2D eigenvalue weighted by Gasteiger charge is 2.53. The van der Waals surface area contributed by atoms with Gasteiger partial charge in [0.1, 0.15) is 24.4 Å². The largest absolute Gasteiger partial charge is 0.463 e. The Balaban J connectivity index is 1.01. The van der Waals surface area contributed by atoms with Crippen LogP contribution in [0, 0.1) is 0 Å². The van der Waals surface area contributed by atoms with Crippen LogP contribution in [0.15, 0.2) is 78.9 Å². The maximum atomic E-state index is 13.3. The van der Waals surface area contributed by atoms with Crippen molar-refractivity contribution < 1.29 is 62.2 Å². The zero-order valence-corrected chi connectivity index (χ0v) is 38.4. The number of aliphatic hydroxyl groups excluding tert-OH is 1. The third-order valence-corrected chi connectivity index (χ3v) is 12.7. The van der Waals surface area contributed by atoms with Gasteiger partial charge in [-0.15, -0.1) is 0 Å². The molecule has 3 aromatic carbocycles. The van der Waals surface area contributed by atoms with E-state index in [0.717, 1.165) is 48.0 Å². The van der Waals surface area contributed by atoms with E-state index in [1.165, 1.54) is 20.8 Å². The van der Waals surface area contributed by atoms with E-state index < -0.39 is 66.2 Å². The predicted octanol–water partition coefficient (Wildman–Crippen LogP) is 4.09. The van der Waals surface area contributed by atoms with Crippen LogP contribution in [0.1, 0.15) is 88.0 Å². The van der Waals surface area contributed by atoms with Gasteiger partial charge in [-0.25, -0.2) is 0 Å². The molecular weight excluding hydrogens is 873 g/mol. The zero-order chi connectivity index (χ0) is 47.0. The summed E-state index contributed by atoms with van der Waals surface area (Å²) in [5.41, 5.74) is 3.93. The molecule has 66 heavy (non-hydrogen) atoms. The molecule has 8 unspecified atom stereocenters. The molecule has 0 saturated carbocycles. The van der Waals surface area contributed by atoms with Crippen molar-refractivity contribution in [1.82, 2.24) is 15.5 Å². The molecule has 0 bridgehead atoms. The normalized spacial score (nSPS) is 26.2. The zero-order valence-electron chi connectivity index (χ0n) is 37.6. The Kier molecular flexibility index (Phi) is 16.0. The van der Waals surface area contributed by atoms with Crippen molar-refractivity contribution in [2.45, 2.75) is 121 Å². The van der Waals surface area contributed by atoms with Crippen molar-refractivity contribution in [3.63, 3.8) is 0 Å². The van der Waals surface area contributed by atoms with Crippen molar-refractivity contribution in [3.05, 3.63) is 101 Å². The van der Waals surface area contributed by atoms with Crippen molar-refractivity contribution in [3.8, 4) is 0 Å². The fourth-order valence-electron chi connectivity index (χ4n) is 9.19. The smallest absolute Gasteiger partial charge is 0.303 e. The Bertz CT molecular complexity index is 2190. The Morgan fingerprint density at radius 2 is 1.38 bits per heavy atom. The molecule has 3 aromatic rings. The fourth-order valence-corrected chi connectivity index (χ4v) is 9.43. The first-order chi connectivity index (χ1) is 31.7. The lowest BCUT2D eigenvalue weighted by molar-refractivity contribution is -0.253. The topological polar surface area (TPSA) is 201 Å². The molecule has 4 heterocycles. The second kappa shape index (κ2) is 21.9. The van der Waals surface area contributed by atoms with Crippen molar-refractivity contribution in [1.29, 1.82) is 0 Å². The highest BCUT2D eigenvalue weighted by Crippen LogP contribution is 2.40. The third kappa shape index (κ3) is 11.9. The Morgan fingerprint density at radius 1 is 0.773 bits per heavy atom. The van der Waals surface area contributed by atoms with Gasteiger partial charge in [0.15, 0.2) is 24.6 Å². The number of piperidine rings is 1. The first-order valence-corrected chi connectivity index (χ1v) is 22.6. The van der Waals surface area contributed by atoms with E-state index in [9.17, 15) is 29.1 Å². The van der Waals surface area contributed by atoms with Crippen molar-refractivity contribution in [2.75, 3.05) is 37.8 Å². The first-order valence-electron chi connectivity index (χ1n) is 22.2. The molecule has 1 amide bonds. The number of benzene rings is 3. The third-order valence-electron chi connectivity index (χ3n) is 12.4. The molecule has 17 nitrogen and oxygen atoms in total. The van der Waals surface area contributed by atoms with E-state index in [4.69, 9.17) is 45.4 Å². The Hall–Kier alpha value is -5.50. The maximum Gasteiger partial charge on any atom is 0.303 e. The number of likely N-dealkylation sites (tertiary alicyclic amines) is 1. The van der Waals surface area contributed by atoms with Crippen LogP contribution in [0.25, 0.3) is 0 Å². The quantitative estimate of drug-likeness (QED) is 0.112. The predicted molar refractivity (Wildman–Crippen MR) is 241 cm³/mol. The molecule has 4 aliphatic rings. The standard InChI is InChI=1S/C48H58N4O13S/c1-29(54)59-27-41-44(61-31(3)56)45(62-32(4)57)43(60-30(2)55)40(64-41)23-42(66)49-24-33-10-16-36(17-11-33)46-63-38(22-39(65-46)35-14-12-34(26-53)13-15-35)25-51-20-18-48(19-21-51)47(58)50-28-52(48)37-8-6-5-7-9-37/h5-17,38-41,43-46,53H,18-28H2,1-4H3,(H,49,66)(H,50,58). The second-order valence-electron chi connectivity index (χ2n) is 17.1. The van der Waals surface area contributed by atoms with Gasteiger partial charge in [-0.05, 0) is 41.7 Å². The summed E-state index contributed by atoms with van der Waals surface area (Å²) < 4.78 is 41.4. The molecule has 0 aromatic heterocycles. The number of hydrogen-bond donors (Lipinski definition) is 3. The summed E-state index contributed by atoms with van der Waals surface area (Å²) >= 11 is 5.73. The van der Waals surface area contributed by atoms with E-state index in [-0.39, 0.29) is 37.7 Å².